The molecule has 0 aliphatic carbocycles. The minimum absolute atomic E-state index is 0.284. The van der Waals surface area contributed by atoms with E-state index in [1.807, 2.05) is 60.7 Å². The zero-order valence-electron chi connectivity index (χ0n) is 17.2. The van der Waals surface area contributed by atoms with Gasteiger partial charge in [-0.15, -0.1) is 0 Å². The molecule has 0 bridgehead atoms. The number of rotatable bonds is 3. The van der Waals surface area contributed by atoms with Crippen molar-refractivity contribution in [1.82, 2.24) is 0 Å². The Hall–Kier alpha value is -4.66. The first-order valence-electron chi connectivity index (χ1n) is 10.1. The third-order valence-electron chi connectivity index (χ3n) is 4.78. The second-order valence-corrected chi connectivity index (χ2v) is 6.98. The van der Waals surface area contributed by atoms with E-state index < -0.39 is 11.6 Å². The first-order chi connectivity index (χ1) is 15.7. The van der Waals surface area contributed by atoms with Crippen molar-refractivity contribution in [3.63, 3.8) is 0 Å². The smallest absolute Gasteiger partial charge is 0.234 e. The third kappa shape index (κ3) is 4.90. The third-order valence-corrected chi connectivity index (χ3v) is 4.78. The largest absolute Gasteiger partial charge is 0.285 e. The average molecular weight is 410 g/mol. The lowest BCUT2D eigenvalue weighted by Gasteiger charge is -2.05. The highest BCUT2D eigenvalue weighted by molar-refractivity contribution is 6.50. The highest BCUT2D eigenvalue weighted by Crippen LogP contribution is 2.15. The molecule has 150 valence electrons. The van der Waals surface area contributed by atoms with Crippen LogP contribution in [-0.2, 0) is 0 Å². The highest BCUT2D eigenvalue weighted by Gasteiger charge is 2.22. The Morgan fingerprint density at radius 2 is 0.750 bits per heavy atom. The van der Waals surface area contributed by atoms with Gasteiger partial charge < -0.3 is 0 Å². The molecule has 4 rings (SSSR count). The number of Topliss-reactive ketones (excluding diaryl/α,β-unsaturated/α-hetero) is 2. The molecule has 0 saturated carbocycles. The molecule has 0 fully saturated rings. The number of carbonyl (C=O) groups is 2. The van der Waals surface area contributed by atoms with Gasteiger partial charge in [0.2, 0.25) is 11.6 Å². The van der Waals surface area contributed by atoms with Crippen molar-refractivity contribution in [2.45, 2.75) is 0 Å². The van der Waals surface area contributed by atoms with Crippen LogP contribution >= 0.6 is 0 Å². The fraction of sp³-hybridized carbons (Fsp3) is 0. The molecule has 0 unspecified atom stereocenters. The SMILES string of the molecule is O=C(C(=O)c1ccccc1C#Cc1ccccc1)c1ccccc1C#Cc1ccccc1. The number of hydrogen-bond donors (Lipinski definition) is 0. The fourth-order valence-electron chi connectivity index (χ4n) is 3.15. The molecule has 2 heteroatoms. The summed E-state index contributed by atoms with van der Waals surface area (Å²) in [6.45, 7) is 0. The van der Waals surface area contributed by atoms with Crippen LogP contribution in [0.3, 0.4) is 0 Å². The summed E-state index contributed by atoms with van der Waals surface area (Å²) in [5.41, 5.74) is 3.27. The maximum absolute atomic E-state index is 13.1. The van der Waals surface area contributed by atoms with Gasteiger partial charge in [0, 0.05) is 33.4 Å². The Morgan fingerprint density at radius 1 is 0.406 bits per heavy atom. The number of benzene rings is 4. The van der Waals surface area contributed by atoms with Crippen molar-refractivity contribution in [3.05, 3.63) is 143 Å². The van der Waals surface area contributed by atoms with E-state index in [-0.39, 0.29) is 11.1 Å². The molecule has 0 N–H and O–H groups in total. The highest BCUT2D eigenvalue weighted by atomic mass is 16.2. The van der Waals surface area contributed by atoms with Crippen LogP contribution in [0.15, 0.2) is 109 Å². The van der Waals surface area contributed by atoms with Gasteiger partial charge in [0.25, 0.3) is 0 Å². The van der Waals surface area contributed by atoms with E-state index in [4.69, 9.17) is 0 Å². The summed E-state index contributed by atoms with van der Waals surface area (Å²) in [7, 11) is 0. The Labute approximate surface area is 187 Å². The predicted octanol–water partition coefficient (Wildman–Crippen LogP) is 5.55. The van der Waals surface area contributed by atoms with Crippen LogP contribution in [-0.4, -0.2) is 11.6 Å². The van der Waals surface area contributed by atoms with E-state index in [0.717, 1.165) is 11.1 Å². The Balaban J connectivity index is 1.66. The summed E-state index contributed by atoms with van der Waals surface area (Å²) in [5.74, 6) is 11.0. The van der Waals surface area contributed by atoms with E-state index in [2.05, 4.69) is 23.7 Å². The molecule has 0 atom stereocenters. The molecular weight excluding hydrogens is 392 g/mol. The Bertz CT molecular complexity index is 1280. The topological polar surface area (TPSA) is 34.1 Å². The van der Waals surface area contributed by atoms with Crippen LogP contribution in [0, 0.1) is 23.7 Å². The molecule has 0 amide bonds. The van der Waals surface area contributed by atoms with Crippen molar-refractivity contribution in [2.24, 2.45) is 0 Å². The maximum Gasteiger partial charge on any atom is 0.234 e. The minimum atomic E-state index is -0.600. The Morgan fingerprint density at radius 3 is 1.16 bits per heavy atom. The summed E-state index contributed by atoms with van der Waals surface area (Å²) in [6, 6.07) is 32.8. The van der Waals surface area contributed by atoms with Gasteiger partial charge in [-0.2, -0.15) is 0 Å². The molecule has 4 aromatic rings. The van der Waals surface area contributed by atoms with E-state index in [9.17, 15) is 9.59 Å². The second kappa shape index (κ2) is 9.90. The van der Waals surface area contributed by atoms with Crippen molar-refractivity contribution >= 4 is 11.6 Å². The summed E-state index contributed by atoms with van der Waals surface area (Å²) in [5, 5.41) is 0. The predicted molar refractivity (Wildman–Crippen MR) is 126 cm³/mol. The van der Waals surface area contributed by atoms with Gasteiger partial charge >= 0.3 is 0 Å². The first-order valence-corrected chi connectivity index (χ1v) is 10.1. The molecule has 0 saturated heterocycles. The molecule has 4 aromatic carbocycles. The molecule has 0 aliphatic rings. The summed E-state index contributed by atoms with van der Waals surface area (Å²) in [4.78, 5) is 26.3. The summed E-state index contributed by atoms with van der Waals surface area (Å²) in [6.07, 6.45) is 0. The molecule has 0 radical (unpaired) electrons. The van der Waals surface area contributed by atoms with Gasteiger partial charge in [-0.05, 0) is 48.5 Å². The number of carbonyl (C=O) groups excluding carboxylic acids is 2. The number of ketones is 2. The second-order valence-electron chi connectivity index (χ2n) is 6.98. The first kappa shape index (κ1) is 20.6. The van der Waals surface area contributed by atoms with Gasteiger partial charge in [-0.25, -0.2) is 0 Å². The van der Waals surface area contributed by atoms with E-state index in [1.165, 1.54) is 0 Å². The lowest BCUT2D eigenvalue weighted by atomic mass is 9.95. The van der Waals surface area contributed by atoms with Crippen molar-refractivity contribution < 1.29 is 9.59 Å². The molecule has 0 spiro atoms. The van der Waals surface area contributed by atoms with Crippen LogP contribution in [0.5, 0.6) is 0 Å². The van der Waals surface area contributed by atoms with Crippen LogP contribution in [0.2, 0.25) is 0 Å². The van der Waals surface area contributed by atoms with E-state index in [0.29, 0.717) is 11.1 Å². The number of hydrogen-bond acceptors (Lipinski definition) is 2. The quantitative estimate of drug-likeness (QED) is 0.252. The zero-order chi connectivity index (χ0) is 22.2. The van der Waals surface area contributed by atoms with Crippen molar-refractivity contribution in [3.8, 4) is 23.7 Å². The van der Waals surface area contributed by atoms with Crippen LogP contribution in [0.4, 0.5) is 0 Å². The van der Waals surface area contributed by atoms with Crippen molar-refractivity contribution in [2.75, 3.05) is 0 Å². The summed E-state index contributed by atoms with van der Waals surface area (Å²) < 4.78 is 0. The molecule has 0 heterocycles. The van der Waals surface area contributed by atoms with Crippen molar-refractivity contribution in [1.29, 1.82) is 0 Å². The maximum atomic E-state index is 13.1. The zero-order valence-corrected chi connectivity index (χ0v) is 17.2. The lowest BCUT2D eigenvalue weighted by molar-refractivity contribution is 0.0816. The van der Waals surface area contributed by atoms with Gasteiger partial charge in [0.15, 0.2) is 0 Å². The lowest BCUT2D eigenvalue weighted by Crippen LogP contribution is -2.17. The fourth-order valence-corrected chi connectivity index (χ4v) is 3.15. The van der Waals surface area contributed by atoms with Gasteiger partial charge in [0.05, 0.1) is 0 Å². The molecule has 2 nitrogen and oxygen atoms in total. The summed E-state index contributed by atoms with van der Waals surface area (Å²) >= 11 is 0. The molecular formula is C30H18O2. The molecule has 0 aromatic heterocycles. The minimum Gasteiger partial charge on any atom is -0.285 e. The van der Waals surface area contributed by atoms with Gasteiger partial charge in [-0.3, -0.25) is 9.59 Å². The van der Waals surface area contributed by atoms with E-state index in [1.54, 1.807) is 48.5 Å². The molecule has 32 heavy (non-hydrogen) atoms. The van der Waals surface area contributed by atoms with Crippen LogP contribution < -0.4 is 0 Å². The van der Waals surface area contributed by atoms with Crippen LogP contribution in [0.25, 0.3) is 0 Å². The monoisotopic (exact) mass is 410 g/mol. The van der Waals surface area contributed by atoms with Crippen LogP contribution in [0.1, 0.15) is 43.0 Å². The Kier molecular flexibility index (Phi) is 6.37. The van der Waals surface area contributed by atoms with Gasteiger partial charge in [-0.1, -0.05) is 84.3 Å². The average Bonchev–Trinajstić information content (AvgIpc) is 2.87. The standard InChI is InChI=1S/C30H18O2/c31-29(27-17-9-7-15-25(27)21-19-23-11-3-1-4-12-23)30(32)28-18-10-8-16-26(28)22-20-24-13-5-2-6-14-24/h1-18H. The van der Waals surface area contributed by atoms with E-state index >= 15 is 0 Å². The molecule has 0 aliphatic heterocycles. The normalized spacial score (nSPS) is 9.62. The van der Waals surface area contributed by atoms with Gasteiger partial charge in [0.1, 0.15) is 0 Å².